The van der Waals surface area contributed by atoms with Crippen molar-refractivity contribution < 1.29 is 4.42 Å². The molecule has 24 heavy (non-hydrogen) atoms. The van der Waals surface area contributed by atoms with Gasteiger partial charge in [-0.15, -0.1) is 30.6 Å². The number of nitrogens with one attached hydrogen (secondary N) is 2. The van der Waals surface area contributed by atoms with Gasteiger partial charge in [-0.2, -0.15) is 0 Å². The second-order valence-electron chi connectivity index (χ2n) is 6.58. The lowest BCUT2D eigenvalue weighted by molar-refractivity contribution is 0.256. The second kappa shape index (κ2) is 9.46. The summed E-state index contributed by atoms with van der Waals surface area (Å²) in [7, 11) is 0. The van der Waals surface area contributed by atoms with Crippen LogP contribution in [0.2, 0.25) is 0 Å². The Bertz CT molecular complexity index is 527. The third-order valence-electron chi connectivity index (χ3n) is 4.60. The van der Waals surface area contributed by atoms with Crippen LogP contribution in [0.25, 0.3) is 0 Å². The summed E-state index contributed by atoms with van der Waals surface area (Å²) in [5, 5.41) is 6.92. The third-order valence-corrected chi connectivity index (χ3v) is 4.60. The van der Waals surface area contributed by atoms with Gasteiger partial charge in [-0.3, -0.25) is 9.89 Å². The number of halogens is 1. The Kier molecular flexibility index (Phi) is 7.61. The summed E-state index contributed by atoms with van der Waals surface area (Å²) in [6, 6.07) is 5.89. The maximum Gasteiger partial charge on any atom is 0.191 e. The fraction of sp³-hybridized carbons (Fsp3) is 0.611. The Hall–Kier alpha value is -1.02. The number of likely N-dealkylation sites (tertiary alicyclic amines) is 1. The van der Waals surface area contributed by atoms with E-state index in [4.69, 9.17) is 4.42 Å². The zero-order valence-electron chi connectivity index (χ0n) is 14.4. The van der Waals surface area contributed by atoms with E-state index in [9.17, 15) is 0 Å². The fourth-order valence-corrected chi connectivity index (χ4v) is 3.32. The number of aliphatic imine (C=N–C) groups is 1. The van der Waals surface area contributed by atoms with E-state index in [1.54, 1.807) is 6.26 Å². The van der Waals surface area contributed by atoms with Crippen LogP contribution < -0.4 is 10.6 Å². The SMILES string of the molecule is C=CCNC(=NCCc1ccco1)NC1CC(C)N(C2CC2)C1.I. The van der Waals surface area contributed by atoms with Gasteiger partial charge >= 0.3 is 0 Å². The van der Waals surface area contributed by atoms with Crippen molar-refractivity contribution in [2.24, 2.45) is 4.99 Å². The maximum absolute atomic E-state index is 5.36. The normalized spacial score (nSPS) is 24.5. The first-order valence-corrected chi connectivity index (χ1v) is 8.70. The first kappa shape index (κ1) is 19.3. The number of hydrogen-bond donors (Lipinski definition) is 2. The standard InChI is InChI=1S/C18H28N4O.HI/c1-3-9-19-18(20-10-8-17-5-4-11-23-17)21-15-12-14(2)22(13-15)16-6-7-16;/h3-5,11,14-16H,1,6-10,12-13H2,2H3,(H2,19,20,21);1H. The third kappa shape index (κ3) is 5.51. The van der Waals surface area contributed by atoms with Crippen LogP contribution in [0.15, 0.2) is 40.5 Å². The van der Waals surface area contributed by atoms with Crippen molar-refractivity contribution in [3.63, 3.8) is 0 Å². The lowest BCUT2D eigenvalue weighted by Crippen LogP contribution is -2.45. The lowest BCUT2D eigenvalue weighted by atomic mass is 10.2. The maximum atomic E-state index is 5.36. The first-order chi connectivity index (χ1) is 11.3. The molecule has 1 aromatic heterocycles. The van der Waals surface area contributed by atoms with Crippen LogP contribution in [0.4, 0.5) is 0 Å². The molecule has 5 nitrogen and oxygen atoms in total. The molecule has 2 aliphatic rings. The average Bonchev–Trinajstić information content (AvgIpc) is 3.12. The van der Waals surface area contributed by atoms with Gasteiger partial charge < -0.3 is 15.1 Å². The summed E-state index contributed by atoms with van der Waals surface area (Å²) >= 11 is 0. The Balaban J connectivity index is 0.00000208. The highest BCUT2D eigenvalue weighted by Gasteiger charge is 2.38. The number of guanidine groups is 1. The van der Waals surface area contributed by atoms with E-state index in [1.807, 2.05) is 18.2 Å². The summed E-state index contributed by atoms with van der Waals surface area (Å²) in [6.07, 6.45) is 8.32. The summed E-state index contributed by atoms with van der Waals surface area (Å²) in [5.74, 6) is 1.86. The Morgan fingerprint density at radius 1 is 1.50 bits per heavy atom. The topological polar surface area (TPSA) is 52.8 Å². The molecule has 3 rings (SSSR count). The predicted octanol–water partition coefficient (Wildman–Crippen LogP) is 2.79. The van der Waals surface area contributed by atoms with Crippen molar-refractivity contribution in [3.8, 4) is 0 Å². The molecule has 1 saturated carbocycles. The molecule has 0 bridgehead atoms. The molecule has 2 atom stereocenters. The predicted molar refractivity (Wildman–Crippen MR) is 109 cm³/mol. The van der Waals surface area contributed by atoms with Gasteiger partial charge in [-0.25, -0.2) is 0 Å². The zero-order chi connectivity index (χ0) is 16.1. The molecule has 6 heteroatoms. The minimum Gasteiger partial charge on any atom is -0.469 e. The van der Waals surface area contributed by atoms with Crippen LogP contribution in [-0.2, 0) is 6.42 Å². The fourth-order valence-electron chi connectivity index (χ4n) is 3.32. The Morgan fingerprint density at radius 3 is 3.00 bits per heavy atom. The van der Waals surface area contributed by atoms with Gasteiger partial charge in [0.15, 0.2) is 5.96 Å². The van der Waals surface area contributed by atoms with Crippen LogP contribution in [-0.4, -0.2) is 48.6 Å². The van der Waals surface area contributed by atoms with E-state index in [0.29, 0.717) is 18.6 Å². The van der Waals surface area contributed by atoms with E-state index in [-0.39, 0.29) is 24.0 Å². The molecule has 2 fully saturated rings. The largest absolute Gasteiger partial charge is 0.469 e. The second-order valence-corrected chi connectivity index (χ2v) is 6.58. The first-order valence-electron chi connectivity index (χ1n) is 8.70. The highest BCUT2D eigenvalue weighted by Crippen LogP contribution is 2.33. The smallest absolute Gasteiger partial charge is 0.191 e. The van der Waals surface area contributed by atoms with Gasteiger partial charge in [0.25, 0.3) is 0 Å². The van der Waals surface area contributed by atoms with Gasteiger partial charge in [0.2, 0.25) is 0 Å². The van der Waals surface area contributed by atoms with Gasteiger partial charge in [-0.05, 0) is 38.3 Å². The minimum absolute atomic E-state index is 0. The Labute approximate surface area is 162 Å². The van der Waals surface area contributed by atoms with E-state index >= 15 is 0 Å². The molecule has 1 aliphatic heterocycles. The van der Waals surface area contributed by atoms with Crippen molar-refractivity contribution in [2.45, 2.75) is 50.7 Å². The van der Waals surface area contributed by atoms with E-state index in [1.165, 1.54) is 19.3 Å². The van der Waals surface area contributed by atoms with Crippen molar-refractivity contribution in [2.75, 3.05) is 19.6 Å². The number of rotatable bonds is 7. The summed E-state index contributed by atoms with van der Waals surface area (Å²) in [4.78, 5) is 7.32. The quantitative estimate of drug-likeness (QED) is 0.294. The summed E-state index contributed by atoms with van der Waals surface area (Å²) in [5.41, 5.74) is 0. The molecule has 2 heterocycles. The highest BCUT2D eigenvalue weighted by atomic mass is 127. The molecule has 2 unspecified atom stereocenters. The highest BCUT2D eigenvalue weighted by molar-refractivity contribution is 14.0. The van der Waals surface area contributed by atoms with Crippen molar-refractivity contribution in [1.29, 1.82) is 0 Å². The molecule has 134 valence electrons. The van der Waals surface area contributed by atoms with E-state index in [2.05, 4.69) is 34.0 Å². The number of nitrogens with zero attached hydrogens (tertiary/aromatic N) is 2. The van der Waals surface area contributed by atoms with Gasteiger partial charge in [0.05, 0.1) is 6.26 Å². The van der Waals surface area contributed by atoms with Gasteiger partial charge in [-0.1, -0.05) is 6.08 Å². The van der Waals surface area contributed by atoms with E-state index < -0.39 is 0 Å². The summed E-state index contributed by atoms with van der Waals surface area (Å²) < 4.78 is 5.36. The number of hydrogen-bond acceptors (Lipinski definition) is 3. The van der Waals surface area contributed by atoms with E-state index in [0.717, 1.165) is 37.3 Å². The van der Waals surface area contributed by atoms with Crippen molar-refractivity contribution in [3.05, 3.63) is 36.8 Å². The van der Waals surface area contributed by atoms with Crippen LogP contribution in [0.1, 0.15) is 31.9 Å². The molecule has 0 amide bonds. The molecule has 1 aromatic rings. The molecule has 1 aliphatic carbocycles. The molecule has 2 N–H and O–H groups in total. The minimum atomic E-state index is 0. The van der Waals surface area contributed by atoms with Crippen LogP contribution in [0.5, 0.6) is 0 Å². The Morgan fingerprint density at radius 2 is 2.33 bits per heavy atom. The zero-order valence-corrected chi connectivity index (χ0v) is 16.7. The van der Waals surface area contributed by atoms with Gasteiger partial charge in [0, 0.05) is 44.2 Å². The molecule has 1 saturated heterocycles. The van der Waals surface area contributed by atoms with Crippen LogP contribution in [0.3, 0.4) is 0 Å². The molecule has 0 aromatic carbocycles. The monoisotopic (exact) mass is 444 g/mol. The molecule has 0 radical (unpaired) electrons. The molecular weight excluding hydrogens is 415 g/mol. The van der Waals surface area contributed by atoms with Crippen molar-refractivity contribution >= 4 is 29.9 Å². The summed E-state index contributed by atoms with van der Waals surface area (Å²) in [6.45, 7) is 8.67. The van der Waals surface area contributed by atoms with Crippen molar-refractivity contribution in [1.82, 2.24) is 15.5 Å². The number of furan rings is 1. The van der Waals surface area contributed by atoms with Crippen LogP contribution in [0, 0.1) is 0 Å². The van der Waals surface area contributed by atoms with Crippen LogP contribution >= 0.6 is 24.0 Å². The average molecular weight is 444 g/mol. The van der Waals surface area contributed by atoms with Gasteiger partial charge in [0.1, 0.15) is 5.76 Å². The lowest BCUT2D eigenvalue weighted by Gasteiger charge is -2.20. The molecule has 0 spiro atoms. The molecular formula is C18H29IN4O.